The minimum atomic E-state index is -0.972. The topological polar surface area (TPSA) is 89.9 Å². The molecule has 19 heavy (non-hydrogen) atoms. The number of nitrogens with one attached hydrogen (secondary N) is 1. The first kappa shape index (κ1) is 15.4. The van der Waals surface area contributed by atoms with E-state index in [0.29, 0.717) is 6.42 Å². The summed E-state index contributed by atoms with van der Waals surface area (Å²) in [5.74, 6) is -0.837. The lowest BCUT2D eigenvalue weighted by atomic mass is 10.0. The molecule has 0 spiro atoms. The van der Waals surface area contributed by atoms with Gasteiger partial charge in [-0.05, 0) is 13.3 Å². The second kappa shape index (κ2) is 6.01. The molecule has 1 atom stereocenters. The summed E-state index contributed by atoms with van der Waals surface area (Å²) in [6.45, 7) is 3.38. The van der Waals surface area contributed by atoms with Crippen molar-refractivity contribution in [3.8, 4) is 0 Å². The van der Waals surface area contributed by atoms with Crippen molar-refractivity contribution >= 4 is 17.8 Å². The molecule has 1 saturated heterocycles. The number of carbonyl (C=O) groups is 3. The quantitative estimate of drug-likeness (QED) is 0.640. The number of imide groups is 1. The monoisotopic (exact) mass is 271 g/mol. The second-order valence-electron chi connectivity index (χ2n) is 5.14. The number of likely N-dealkylation sites (N-methyl/N-ethyl adjacent to an activating group) is 1. The van der Waals surface area contributed by atoms with Crippen LogP contribution in [0.3, 0.4) is 0 Å². The van der Waals surface area contributed by atoms with E-state index in [-0.39, 0.29) is 25.5 Å². The summed E-state index contributed by atoms with van der Waals surface area (Å²) in [7, 11) is 1.50. The number of rotatable bonds is 6. The molecule has 1 aliphatic heterocycles. The molecule has 1 fully saturated rings. The Bertz CT molecular complexity index is 381. The molecule has 0 aromatic carbocycles. The molecule has 0 saturated carbocycles. The predicted octanol–water partition coefficient (Wildman–Crippen LogP) is -0.452. The van der Waals surface area contributed by atoms with Crippen LogP contribution in [0.2, 0.25) is 0 Å². The first-order valence-corrected chi connectivity index (χ1v) is 6.31. The Morgan fingerprint density at radius 2 is 2.11 bits per heavy atom. The molecule has 0 aromatic heterocycles. The van der Waals surface area contributed by atoms with Gasteiger partial charge in [0.2, 0.25) is 5.91 Å². The fraction of sp³-hybridized carbons (Fsp3) is 0.750. The highest BCUT2D eigenvalue weighted by Crippen LogP contribution is 2.10. The number of aliphatic hydroxyl groups is 1. The van der Waals surface area contributed by atoms with Crippen LogP contribution >= 0.6 is 0 Å². The van der Waals surface area contributed by atoms with E-state index >= 15 is 0 Å². The van der Waals surface area contributed by atoms with Crippen molar-refractivity contribution < 1.29 is 19.5 Å². The van der Waals surface area contributed by atoms with Crippen molar-refractivity contribution in [2.75, 3.05) is 26.7 Å². The van der Waals surface area contributed by atoms with Gasteiger partial charge in [-0.1, -0.05) is 13.3 Å². The Morgan fingerprint density at radius 1 is 1.47 bits per heavy atom. The molecule has 7 nitrogen and oxygen atoms in total. The van der Waals surface area contributed by atoms with Gasteiger partial charge in [0.05, 0.1) is 5.60 Å². The fourth-order valence-electron chi connectivity index (χ4n) is 1.94. The maximum atomic E-state index is 11.7. The molecule has 1 unspecified atom stereocenters. The highest BCUT2D eigenvalue weighted by Gasteiger charge is 2.34. The molecule has 0 bridgehead atoms. The molecule has 108 valence electrons. The molecule has 4 amide bonds. The molecule has 7 heteroatoms. The van der Waals surface area contributed by atoms with Crippen molar-refractivity contribution in [3.05, 3.63) is 0 Å². The van der Waals surface area contributed by atoms with Gasteiger partial charge < -0.3 is 15.3 Å². The molecule has 1 aliphatic rings. The molecular weight excluding hydrogens is 250 g/mol. The zero-order valence-corrected chi connectivity index (χ0v) is 11.6. The smallest absolute Gasteiger partial charge is 0.327 e. The van der Waals surface area contributed by atoms with E-state index in [9.17, 15) is 19.5 Å². The zero-order chi connectivity index (χ0) is 14.6. The van der Waals surface area contributed by atoms with Gasteiger partial charge >= 0.3 is 6.03 Å². The molecule has 0 aromatic rings. The van der Waals surface area contributed by atoms with Gasteiger partial charge in [0.1, 0.15) is 13.1 Å². The lowest BCUT2D eigenvalue weighted by Gasteiger charge is -2.23. The van der Waals surface area contributed by atoms with E-state index in [1.54, 1.807) is 6.92 Å². The number of hydrogen-bond acceptors (Lipinski definition) is 4. The van der Waals surface area contributed by atoms with Crippen LogP contribution in [0.5, 0.6) is 0 Å². The Balaban J connectivity index is 2.44. The van der Waals surface area contributed by atoms with Crippen molar-refractivity contribution in [3.63, 3.8) is 0 Å². The number of carbonyl (C=O) groups excluding carboxylic acids is 3. The summed E-state index contributed by atoms with van der Waals surface area (Å²) in [4.78, 5) is 36.8. The molecule has 0 radical (unpaired) electrons. The predicted molar refractivity (Wildman–Crippen MR) is 68.3 cm³/mol. The van der Waals surface area contributed by atoms with Crippen molar-refractivity contribution in [2.24, 2.45) is 0 Å². The van der Waals surface area contributed by atoms with E-state index in [2.05, 4.69) is 5.32 Å². The minimum Gasteiger partial charge on any atom is -0.388 e. The number of amides is 4. The molecule has 1 heterocycles. The number of hydrogen-bond donors (Lipinski definition) is 2. The highest BCUT2D eigenvalue weighted by molar-refractivity contribution is 6.04. The molecule has 0 aliphatic carbocycles. The third kappa shape index (κ3) is 4.20. The van der Waals surface area contributed by atoms with E-state index in [1.807, 2.05) is 6.92 Å². The van der Waals surface area contributed by atoms with Crippen LogP contribution < -0.4 is 5.32 Å². The number of urea groups is 1. The van der Waals surface area contributed by atoms with Crippen LogP contribution in [-0.2, 0) is 9.59 Å². The van der Waals surface area contributed by atoms with E-state index in [0.717, 1.165) is 11.3 Å². The molecule has 1 rings (SSSR count). The fourth-order valence-corrected chi connectivity index (χ4v) is 1.94. The number of nitrogens with zero attached hydrogens (tertiary/aromatic N) is 2. The maximum Gasteiger partial charge on any atom is 0.327 e. The van der Waals surface area contributed by atoms with Gasteiger partial charge in [-0.2, -0.15) is 0 Å². The summed E-state index contributed by atoms with van der Waals surface area (Å²) in [5.41, 5.74) is -0.972. The Kier molecular flexibility index (Phi) is 4.88. The standard InChI is InChI=1S/C12H21N3O4/c1-4-5-12(2,19)8-13-9(16)6-15-10(17)7-14(3)11(15)18/h19H,4-8H2,1-3H3,(H,13,16). The van der Waals surface area contributed by atoms with Crippen LogP contribution in [0, 0.1) is 0 Å². The summed E-state index contributed by atoms with van der Waals surface area (Å²) in [6, 6.07) is -0.472. The third-order valence-corrected chi connectivity index (χ3v) is 2.99. The van der Waals surface area contributed by atoms with E-state index in [1.165, 1.54) is 11.9 Å². The first-order chi connectivity index (χ1) is 8.76. The second-order valence-corrected chi connectivity index (χ2v) is 5.14. The summed E-state index contributed by atoms with van der Waals surface area (Å²) >= 11 is 0. The summed E-state index contributed by atoms with van der Waals surface area (Å²) in [5, 5.41) is 12.4. The van der Waals surface area contributed by atoms with Gasteiger partial charge in [0.15, 0.2) is 0 Å². The Hall–Kier alpha value is -1.63. The van der Waals surface area contributed by atoms with Crippen LogP contribution in [0.15, 0.2) is 0 Å². The van der Waals surface area contributed by atoms with Crippen LogP contribution in [-0.4, -0.2) is 65.0 Å². The van der Waals surface area contributed by atoms with Crippen molar-refractivity contribution in [1.82, 2.24) is 15.1 Å². The Labute approximate surface area is 112 Å². The third-order valence-electron chi connectivity index (χ3n) is 2.99. The first-order valence-electron chi connectivity index (χ1n) is 6.31. The highest BCUT2D eigenvalue weighted by atomic mass is 16.3. The summed E-state index contributed by atoms with van der Waals surface area (Å²) in [6.07, 6.45) is 1.37. The average Bonchev–Trinajstić information content (AvgIpc) is 2.54. The van der Waals surface area contributed by atoms with Crippen LogP contribution in [0.4, 0.5) is 4.79 Å². The lowest BCUT2D eigenvalue weighted by molar-refractivity contribution is -0.131. The van der Waals surface area contributed by atoms with Gasteiger partial charge in [-0.25, -0.2) is 4.79 Å². The lowest BCUT2D eigenvalue weighted by Crippen LogP contribution is -2.46. The van der Waals surface area contributed by atoms with Gasteiger partial charge in [-0.3, -0.25) is 14.5 Å². The summed E-state index contributed by atoms with van der Waals surface area (Å²) < 4.78 is 0. The zero-order valence-electron chi connectivity index (χ0n) is 11.6. The average molecular weight is 271 g/mol. The van der Waals surface area contributed by atoms with E-state index in [4.69, 9.17) is 0 Å². The van der Waals surface area contributed by atoms with Gasteiger partial charge in [-0.15, -0.1) is 0 Å². The Morgan fingerprint density at radius 3 is 2.58 bits per heavy atom. The van der Waals surface area contributed by atoms with Crippen LogP contribution in [0.25, 0.3) is 0 Å². The van der Waals surface area contributed by atoms with E-state index < -0.39 is 17.5 Å². The van der Waals surface area contributed by atoms with Crippen LogP contribution in [0.1, 0.15) is 26.7 Å². The minimum absolute atomic E-state index is 0.000334. The maximum absolute atomic E-state index is 11.7. The molecular formula is C12H21N3O4. The largest absolute Gasteiger partial charge is 0.388 e. The molecule has 2 N–H and O–H groups in total. The van der Waals surface area contributed by atoms with Crippen molar-refractivity contribution in [2.45, 2.75) is 32.3 Å². The van der Waals surface area contributed by atoms with Crippen molar-refractivity contribution in [1.29, 1.82) is 0 Å². The SMILES string of the molecule is CCCC(C)(O)CNC(=O)CN1C(=O)CN(C)C1=O. The van der Waals surface area contributed by atoms with Gasteiger partial charge in [0, 0.05) is 13.6 Å². The van der Waals surface area contributed by atoms with Gasteiger partial charge in [0.25, 0.3) is 5.91 Å². The normalized spacial score (nSPS) is 18.7.